The zero-order valence-electron chi connectivity index (χ0n) is 24.1. The minimum Gasteiger partial charge on any atom is -0.382 e. The number of amides is 2. The maximum Gasteiger partial charge on any atom is 0.270 e. The number of nitrogens with zero attached hydrogens (tertiary/aromatic N) is 4. The Bertz CT molecular complexity index is 1510. The summed E-state index contributed by atoms with van der Waals surface area (Å²) in [5.74, 6) is -1.04. The molecule has 0 unspecified atom stereocenters. The first-order valence-electron chi connectivity index (χ1n) is 14.2. The van der Waals surface area contributed by atoms with Crippen LogP contribution in [0.25, 0.3) is 0 Å². The number of hydrogen-bond donors (Lipinski definition) is 0. The Kier molecular flexibility index (Phi) is 11.2. The lowest BCUT2D eigenvalue weighted by Gasteiger charge is -2.28. The molecule has 4 aromatic rings. The van der Waals surface area contributed by atoms with E-state index in [4.69, 9.17) is 4.74 Å². The summed E-state index contributed by atoms with van der Waals surface area (Å²) in [5.41, 5.74) is 2.67. The van der Waals surface area contributed by atoms with Crippen LogP contribution in [0.3, 0.4) is 0 Å². The van der Waals surface area contributed by atoms with Crippen molar-refractivity contribution in [2.24, 2.45) is 0 Å². The maximum absolute atomic E-state index is 13.9. The average Bonchev–Trinajstić information content (AvgIpc) is 3.45. The SMILES string of the molecule is CCOCCCN(CC(=O)N(Cc1ccccc1)Cc1cccn1Cc1ccc(F)cc1)C(=O)c1cccc([N+](=O)[O-])c1. The van der Waals surface area contributed by atoms with Gasteiger partial charge >= 0.3 is 0 Å². The molecule has 10 heteroatoms. The second kappa shape index (κ2) is 15.4. The number of rotatable bonds is 15. The van der Waals surface area contributed by atoms with Gasteiger partial charge in [-0.05, 0) is 54.8 Å². The van der Waals surface area contributed by atoms with Gasteiger partial charge in [0, 0.05) is 62.4 Å². The molecule has 0 aliphatic rings. The summed E-state index contributed by atoms with van der Waals surface area (Å²) in [5, 5.41) is 11.3. The van der Waals surface area contributed by atoms with Gasteiger partial charge in [-0.2, -0.15) is 0 Å². The van der Waals surface area contributed by atoms with Crippen molar-refractivity contribution in [1.29, 1.82) is 0 Å². The lowest BCUT2D eigenvalue weighted by molar-refractivity contribution is -0.384. The van der Waals surface area contributed by atoms with Crippen LogP contribution in [-0.4, -0.2) is 57.4 Å². The molecule has 2 amide bonds. The van der Waals surface area contributed by atoms with E-state index in [0.29, 0.717) is 32.7 Å². The van der Waals surface area contributed by atoms with Crippen LogP contribution in [0.15, 0.2) is 97.2 Å². The third-order valence-electron chi connectivity index (χ3n) is 6.95. The summed E-state index contributed by atoms with van der Waals surface area (Å²) in [6.45, 7) is 3.95. The van der Waals surface area contributed by atoms with Gasteiger partial charge in [0.2, 0.25) is 5.91 Å². The minimum atomic E-state index is -0.552. The first-order valence-corrected chi connectivity index (χ1v) is 14.2. The predicted octanol–water partition coefficient (Wildman–Crippen LogP) is 5.68. The van der Waals surface area contributed by atoms with E-state index in [9.17, 15) is 24.1 Å². The number of ether oxygens (including phenoxy) is 1. The standard InChI is InChI=1S/C33H35FN4O5/c1-2-43-20-8-19-36(33(40)28-11-6-12-30(21-28)38(41)42)25-32(39)37(23-26-9-4-3-5-10-26)24-31-13-7-18-35(31)22-27-14-16-29(34)17-15-27/h3-7,9-18,21H,2,8,19-20,22-25H2,1H3. The molecule has 4 rings (SSSR count). The third kappa shape index (κ3) is 9.08. The van der Waals surface area contributed by atoms with Crippen LogP contribution in [0.4, 0.5) is 10.1 Å². The van der Waals surface area contributed by atoms with Crippen molar-refractivity contribution in [3.05, 3.63) is 136 Å². The largest absolute Gasteiger partial charge is 0.382 e. The first-order chi connectivity index (χ1) is 20.8. The van der Waals surface area contributed by atoms with Gasteiger partial charge in [-0.3, -0.25) is 19.7 Å². The van der Waals surface area contributed by atoms with E-state index >= 15 is 0 Å². The molecule has 0 fully saturated rings. The molecule has 0 N–H and O–H groups in total. The molecule has 0 aliphatic heterocycles. The molecule has 1 aromatic heterocycles. The zero-order chi connectivity index (χ0) is 30.6. The van der Waals surface area contributed by atoms with Crippen LogP contribution in [0.2, 0.25) is 0 Å². The summed E-state index contributed by atoms with van der Waals surface area (Å²) in [4.78, 5) is 41.4. The van der Waals surface area contributed by atoms with Gasteiger partial charge in [-0.15, -0.1) is 0 Å². The molecule has 0 aliphatic carbocycles. The summed E-state index contributed by atoms with van der Waals surface area (Å²) >= 11 is 0. The number of hydrogen-bond acceptors (Lipinski definition) is 5. The van der Waals surface area contributed by atoms with E-state index in [-0.39, 0.29) is 42.6 Å². The highest BCUT2D eigenvalue weighted by molar-refractivity contribution is 5.97. The second-order valence-electron chi connectivity index (χ2n) is 10.1. The number of benzene rings is 3. The normalized spacial score (nSPS) is 10.8. The number of carbonyl (C=O) groups is 2. The highest BCUT2D eigenvalue weighted by atomic mass is 19.1. The van der Waals surface area contributed by atoms with E-state index in [1.54, 1.807) is 17.0 Å². The molecule has 0 saturated heterocycles. The van der Waals surface area contributed by atoms with E-state index in [1.165, 1.54) is 41.3 Å². The Balaban J connectivity index is 1.57. The number of nitro benzene ring substituents is 1. The van der Waals surface area contributed by atoms with Gasteiger partial charge in [0.1, 0.15) is 12.4 Å². The lowest BCUT2D eigenvalue weighted by atomic mass is 10.1. The molecule has 0 atom stereocenters. The van der Waals surface area contributed by atoms with Crippen molar-refractivity contribution in [3.63, 3.8) is 0 Å². The van der Waals surface area contributed by atoms with Crippen molar-refractivity contribution in [3.8, 4) is 0 Å². The quantitative estimate of drug-likeness (QED) is 0.101. The Morgan fingerprint density at radius 2 is 1.67 bits per heavy atom. The first kappa shape index (κ1) is 31.1. The molecule has 9 nitrogen and oxygen atoms in total. The van der Waals surface area contributed by atoms with Gasteiger partial charge < -0.3 is 19.1 Å². The number of carbonyl (C=O) groups excluding carboxylic acids is 2. The third-order valence-corrected chi connectivity index (χ3v) is 6.95. The number of non-ortho nitro benzene ring substituents is 1. The van der Waals surface area contributed by atoms with Crippen molar-refractivity contribution < 1.29 is 23.6 Å². The summed E-state index contributed by atoms with van der Waals surface area (Å²) in [6, 6.07) is 25.2. The molecule has 0 radical (unpaired) electrons. The molecule has 0 bridgehead atoms. The molecule has 1 heterocycles. The smallest absolute Gasteiger partial charge is 0.270 e. The van der Waals surface area contributed by atoms with E-state index in [1.807, 2.05) is 60.2 Å². The number of nitro groups is 1. The van der Waals surface area contributed by atoms with Crippen molar-refractivity contribution >= 4 is 17.5 Å². The van der Waals surface area contributed by atoms with Crippen LogP contribution in [-0.2, 0) is 29.2 Å². The Hall–Kier alpha value is -4.83. The van der Waals surface area contributed by atoms with E-state index < -0.39 is 10.8 Å². The van der Waals surface area contributed by atoms with Crippen LogP contribution in [0, 0.1) is 15.9 Å². The molecule has 43 heavy (non-hydrogen) atoms. The summed E-state index contributed by atoms with van der Waals surface area (Å²) in [7, 11) is 0. The van der Waals surface area contributed by atoms with E-state index in [0.717, 1.165) is 16.8 Å². The van der Waals surface area contributed by atoms with Crippen molar-refractivity contribution in [2.75, 3.05) is 26.3 Å². The topological polar surface area (TPSA) is 97.9 Å². The summed E-state index contributed by atoms with van der Waals surface area (Å²) < 4.78 is 20.9. The van der Waals surface area contributed by atoms with Crippen molar-refractivity contribution in [1.82, 2.24) is 14.4 Å². The molecule has 0 saturated carbocycles. The van der Waals surface area contributed by atoms with Crippen LogP contribution < -0.4 is 0 Å². The summed E-state index contributed by atoms with van der Waals surface area (Å²) in [6.07, 6.45) is 2.41. The fraction of sp³-hybridized carbons (Fsp3) is 0.273. The average molecular weight is 587 g/mol. The van der Waals surface area contributed by atoms with Gasteiger partial charge in [0.05, 0.1) is 11.5 Å². The minimum absolute atomic E-state index is 0.140. The predicted molar refractivity (Wildman–Crippen MR) is 161 cm³/mol. The van der Waals surface area contributed by atoms with Gasteiger partial charge in [-0.1, -0.05) is 48.5 Å². The van der Waals surface area contributed by atoms with Gasteiger partial charge in [-0.25, -0.2) is 4.39 Å². The van der Waals surface area contributed by atoms with Gasteiger partial charge in [0.25, 0.3) is 11.6 Å². The fourth-order valence-electron chi connectivity index (χ4n) is 4.72. The van der Waals surface area contributed by atoms with E-state index in [2.05, 4.69) is 0 Å². The lowest BCUT2D eigenvalue weighted by Crippen LogP contribution is -2.43. The molecule has 0 spiro atoms. The molecule has 3 aromatic carbocycles. The fourth-order valence-corrected chi connectivity index (χ4v) is 4.72. The van der Waals surface area contributed by atoms with Crippen LogP contribution >= 0.6 is 0 Å². The molecular weight excluding hydrogens is 551 g/mol. The molecular formula is C33H35FN4O5. The Labute approximate surface area is 250 Å². The Morgan fingerprint density at radius 3 is 2.40 bits per heavy atom. The van der Waals surface area contributed by atoms with Gasteiger partial charge in [0.15, 0.2) is 0 Å². The van der Waals surface area contributed by atoms with Crippen LogP contribution in [0.5, 0.6) is 0 Å². The Morgan fingerprint density at radius 1 is 0.907 bits per heavy atom. The highest BCUT2D eigenvalue weighted by Gasteiger charge is 2.24. The molecule has 224 valence electrons. The zero-order valence-corrected chi connectivity index (χ0v) is 24.1. The van der Waals surface area contributed by atoms with Crippen molar-refractivity contribution in [2.45, 2.75) is 33.0 Å². The maximum atomic E-state index is 13.9. The van der Waals surface area contributed by atoms with Crippen LogP contribution in [0.1, 0.15) is 40.5 Å². The number of aromatic nitrogens is 1. The number of halogens is 1. The monoisotopic (exact) mass is 586 g/mol. The highest BCUT2D eigenvalue weighted by Crippen LogP contribution is 2.18. The second-order valence-corrected chi connectivity index (χ2v) is 10.1.